The van der Waals surface area contributed by atoms with Gasteiger partial charge in [-0.05, 0) is 65.3 Å². The number of fused-ring (bicyclic) bond motifs is 3. The smallest absolute Gasteiger partial charge is 0.354 e. The van der Waals surface area contributed by atoms with Gasteiger partial charge in [-0.3, -0.25) is 0 Å². The van der Waals surface area contributed by atoms with E-state index in [2.05, 4.69) is 49.8 Å². The molecule has 0 bridgehead atoms. The van der Waals surface area contributed by atoms with Crippen LogP contribution in [0, 0.1) is 0 Å². The first-order chi connectivity index (χ1) is 11.1. The summed E-state index contributed by atoms with van der Waals surface area (Å²) in [5, 5.41) is 1.20. The van der Waals surface area contributed by atoms with Crippen molar-refractivity contribution in [3.63, 3.8) is 0 Å². The molecule has 3 nitrogen and oxygen atoms in total. The highest BCUT2D eigenvalue weighted by Gasteiger charge is 2.37. The van der Waals surface area contributed by atoms with Gasteiger partial charge in [0.25, 0.3) is 0 Å². The lowest BCUT2D eigenvalue weighted by Gasteiger charge is -2.36. The zero-order chi connectivity index (χ0) is 17.7. The first-order valence-electron chi connectivity index (χ1n) is 8.51. The third-order valence-electron chi connectivity index (χ3n) is 5.41. The molecule has 0 radical (unpaired) electrons. The van der Waals surface area contributed by atoms with E-state index in [9.17, 15) is 4.79 Å². The molecule has 24 heavy (non-hydrogen) atoms. The van der Waals surface area contributed by atoms with Crippen LogP contribution in [-0.4, -0.2) is 8.32 Å². The number of halogens is 1. The van der Waals surface area contributed by atoms with Crippen LogP contribution in [0.15, 0.2) is 13.7 Å². The molecule has 2 heterocycles. The van der Waals surface area contributed by atoms with Gasteiger partial charge in [-0.15, -0.1) is 11.3 Å². The first-order valence-corrected chi connectivity index (χ1v) is 13.0. The summed E-state index contributed by atoms with van der Waals surface area (Å²) in [7, 11) is -1.89. The molecule has 0 spiro atoms. The number of hydrogen-bond donors (Lipinski definition) is 0. The standard InChI is InChI=1S/C18H25BrO3SSi/c1-18(2,3)24(4,5)21-10-12-15(19)14-11-8-6-7-9-13(11)23-16(14)17(20)22-12/h6-10H2,1-5H3. The van der Waals surface area contributed by atoms with E-state index in [1.165, 1.54) is 23.3 Å². The number of hydrogen-bond acceptors (Lipinski definition) is 4. The summed E-state index contributed by atoms with van der Waals surface area (Å²) in [6.45, 7) is 11.4. The normalized spacial score (nSPS) is 15.8. The van der Waals surface area contributed by atoms with Gasteiger partial charge in [-0.25, -0.2) is 4.79 Å². The molecular formula is C18H25BrO3SSi. The minimum atomic E-state index is -1.89. The number of rotatable bonds is 3. The predicted octanol–water partition coefficient (Wildman–Crippen LogP) is 6.02. The maximum Gasteiger partial charge on any atom is 0.354 e. The maximum absolute atomic E-state index is 12.5. The molecule has 2 aromatic rings. The Morgan fingerprint density at radius 2 is 1.92 bits per heavy atom. The molecule has 1 aliphatic rings. The largest absolute Gasteiger partial charge is 0.423 e. The molecule has 3 rings (SSSR count). The van der Waals surface area contributed by atoms with Crippen molar-refractivity contribution in [2.24, 2.45) is 0 Å². The van der Waals surface area contributed by atoms with Gasteiger partial charge in [0.2, 0.25) is 0 Å². The van der Waals surface area contributed by atoms with E-state index < -0.39 is 8.32 Å². The molecule has 0 saturated carbocycles. The Morgan fingerprint density at radius 1 is 1.25 bits per heavy atom. The first kappa shape index (κ1) is 18.4. The molecule has 0 unspecified atom stereocenters. The van der Waals surface area contributed by atoms with Crippen LogP contribution in [-0.2, 0) is 23.9 Å². The Balaban J connectivity index is 2.01. The Kier molecular flexibility index (Phi) is 4.88. The second-order valence-corrected chi connectivity index (χ2v) is 14.8. The fourth-order valence-corrected chi connectivity index (χ4v) is 5.80. The maximum atomic E-state index is 12.5. The third kappa shape index (κ3) is 3.18. The summed E-state index contributed by atoms with van der Waals surface area (Å²) >= 11 is 5.31. The van der Waals surface area contributed by atoms with Crippen LogP contribution < -0.4 is 5.63 Å². The lowest BCUT2D eigenvalue weighted by atomic mass is 9.96. The van der Waals surface area contributed by atoms with Crippen molar-refractivity contribution in [1.29, 1.82) is 0 Å². The monoisotopic (exact) mass is 428 g/mol. The van der Waals surface area contributed by atoms with Gasteiger partial charge < -0.3 is 8.84 Å². The highest BCUT2D eigenvalue weighted by molar-refractivity contribution is 9.10. The van der Waals surface area contributed by atoms with Crippen molar-refractivity contribution in [2.45, 2.75) is 71.2 Å². The molecule has 2 aromatic heterocycles. The van der Waals surface area contributed by atoms with E-state index in [-0.39, 0.29) is 10.7 Å². The summed E-state index contributed by atoms with van der Waals surface area (Å²) < 4.78 is 13.5. The van der Waals surface area contributed by atoms with Gasteiger partial charge in [-0.2, -0.15) is 0 Å². The Bertz CT molecular complexity index is 829. The van der Waals surface area contributed by atoms with Gasteiger partial charge in [-0.1, -0.05) is 20.8 Å². The van der Waals surface area contributed by atoms with Crippen molar-refractivity contribution in [3.05, 3.63) is 31.1 Å². The van der Waals surface area contributed by atoms with Gasteiger partial charge in [0.15, 0.2) is 8.32 Å². The molecule has 0 aliphatic heterocycles. The van der Waals surface area contributed by atoms with Crippen LogP contribution in [0.4, 0.5) is 0 Å². The van der Waals surface area contributed by atoms with Crippen LogP contribution in [0.1, 0.15) is 49.8 Å². The molecule has 1 aliphatic carbocycles. The average Bonchev–Trinajstić information content (AvgIpc) is 2.88. The summed E-state index contributed by atoms with van der Waals surface area (Å²) in [5.41, 5.74) is 1.12. The van der Waals surface area contributed by atoms with Crippen LogP contribution in [0.3, 0.4) is 0 Å². The molecule has 0 fully saturated rings. The molecule has 6 heteroatoms. The highest BCUT2D eigenvalue weighted by atomic mass is 79.9. The summed E-state index contributed by atoms with van der Waals surface area (Å²) in [6.07, 6.45) is 4.54. The van der Waals surface area contributed by atoms with E-state index >= 15 is 0 Å². The number of aryl methyl sites for hydroxylation is 2. The Morgan fingerprint density at radius 3 is 2.58 bits per heavy atom. The van der Waals surface area contributed by atoms with Gasteiger partial charge in [0, 0.05) is 10.3 Å². The summed E-state index contributed by atoms with van der Waals surface area (Å²) in [5.74, 6) is 0.628. The highest BCUT2D eigenvalue weighted by Crippen LogP contribution is 2.41. The van der Waals surface area contributed by atoms with E-state index in [4.69, 9.17) is 8.84 Å². The molecule has 0 saturated heterocycles. The van der Waals surface area contributed by atoms with Crippen molar-refractivity contribution in [2.75, 3.05) is 0 Å². The number of thiophene rings is 1. The molecule has 0 N–H and O–H groups in total. The Labute approximate surface area is 156 Å². The minimum Gasteiger partial charge on any atom is -0.423 e. The van der Waals surface area contributed by atoms with Crippen LogP contribution in [0.25, 0.3) is 10.1 Å². The van der Waals surface area contributed by atoms with Crippen molar-refractivity contribution in [3.8, 4) is 0 Å². The van der Waals surface area contributed by atoms with E-state index in [0.717, 1.165) is 27.4 Å². The second-order valence-electron chi connectivity index (χ2n) is 8.09. The van der Waals surface area contributed by atoms with Gasteiger partial charge in [0.1, 0.15) is 10.5 Å². The van der Waals surface area contributed by atoms with Crippen molar-refractivity contribution in [1.82, 2.24) is 0 Å². The molecule has 0 amide bonds. The fraction of sp³-hybridized carbons (Fsp3) is 0.611. The van der Waals surface area contributed by atoms with E-state index in [0.29, 0.717) is 12.4 Å². The lowest BCUT2D eigenvalue weighted by molar-refractivity contribution is 0.239. The van der Waals surface area contributed by atoms with Crippen molar-refractivity contribution >= 4 is 45.7 Å². The van der Waals surface area contributed by atoms with Gasteiger partial charge in [0.05, 0.1) is 11.1 Å². The fourth-order valence-electron chi connectivity index (χ4n) is 2.84. The molecule has 0 aromatic carbocycles. The molecular weight excluding hydrogens is 404 g/mol. The molecule has 0 atom stereocenters. The minimum absolute atomic E-state index is 0.130. The summed E-state index contributed by atoms with van der Waals surface area (Å²) in [6, 6.07) is 0. The second kappa shape index (κ2) is 6.38. The van der Waals surface area contributed by atoms with Crippen LogP contribution in [0.5, 0.6) is 0 Å². The SMILES string of the molecule is CC(C)(C)[Si](C)(C)OCc1oc(=O)c2sc3c(c2c1Br)CCCC3. The summed E-state index contributed by atoms with van der Waals surface area (Å²) in [4.78, 5) is 13.8. The molecule has 132 valence electrons. The third-order valence-corrected chi connectivity index (χ3v) is 12.0. The zero-order valence-electron chi connectivity index (χ0n) is 15.0. The van der Waals surface area contributed by atoms with Gasteiger partial charge >= 0.3 is 5.63 Å². The lowest BCUT2D eigenvalue weighted by Crippen LogP contribution is -2.40. The average molecular weight is 429 g/mol. The van der Waals surface area contributed by atoms with E-state index in [1.54, 1.807) is 11.3 Å². The predicted molar refractivity (Wildman–Crippen MR) is 107 cm³/mol. The quantitative estimate of drug-likeness (QED) is 0.561. The topological polar surface area (TPSA) is 39.4 Å². The zero-order valence-corrected chi connectivity index (χ0v) is 18.4. The van der Waals surface area contributed by atoms with Crippen LogP contribution >= 0.6 is 27.3 Å². The van der Waals surface area contributed by atoms with E-state index in [1.807, 2.05) is 0 Å². The van der Waals surface area contributed by atoms with Crippen LogP contribution in [0.2, 0.25) is 18.1 Å². The van der Waals surface area contributed by atoms with Crippen molar-refractivity contribution < 1.29 is 8.84 Å². The Hall–Kier alpha value is -0.433.